The van der Waals surface area contributed by atoms with E-state index < -0.39 is 0 Å². The van der Waals surface area contributed by atoms with E-state index in [1.54, 1.807) is 0 Å². The predicted molar refractivity (Wildman–Crippen MR) is 163 cm³/mol. The van der Waals surface area contributed by atoms with Crippen LogP contribution in [-0.2, 0) is 9.53 Å². The summed E-state index contributed by atoms with van der Waals surface area (Å²) in [6.45, 7) is 1.62. The maximum atomic E-state index is 12.3. The second-order valence-corrected chi connectivity index (χ2v) is 12.5. The average Bonchev–Trinajstić information content (AvgIpc) is 3.64. The zero-order chi connectivity index (χ0) is 28.4. The molecular weight excluding hydrogens is 536 g/mol. The highest BCUT2D eigenvalue weighted by Gasteiger charge is 2.42. The number of carbonyl (C=O) groups is 3. The molecule has 0 bridgehead atoms. The number of hydrogen-bond donors (Lipinski definition) is 4. The molecule has 5 rings (SSSR count). The molecule has 41 heavy (non-hydrogen) atoms. The normalized spacial score (nSPS) is 20.5. The van der Waals surface area contributed by atoms with Crippen molar-refractivity contribution in [3.8, 4) is 11.1 Å². The first-order valence-corrected chi connectivity index (χ1v) is 16.2. The molecule has 0 aromatic heterocycles. The standard InChI is InChI=1S/C32H42N4O4S/c37-29(17-5-3-4-16-28-30-27(21-41-28)35-31(38)36-30)33-18-10-1-2-11-19-34-32(39)40-20-26-24-14-8-6-12-22(24)23-13-7-9-15-25(23)26/h6-9,12-15,26-28,30H,1-5,10-11,16-21H2,(H,33,37)(H,34,39)(H2,35,36,38). The summed E-state index contributed by atoms with van der Waals surface area (Å²) in [5, 5.41) is 12.4. The van der Waals surface area contributed by atoms with Crippen LogP contribution in [0.2, 0.25) is 0 Å². The van der Waals surface area contributed by atoms with E-state index in [9.17, 15) is 14.4 Å². The maximum absolute atomic E-state index is 12.3. The molecule has 2 aliphatic heterocycles. The van der Waals surface area contributed by atoms with Gasteiger partial charge >= 0.3 is 12.1 Å². The van der Waals surface area contributed by atoms with E-state index in [2.05, 4.69) is 45.5 Å². The third-order valence-corrected chi connectivity index (χ3v) is 9.88. The minimum atomic E-state index is -0.368. The summed E-state index contributed by atoms with van der Waals surface area (Å²) < 4.78 is 5.59. The van der Waals surface area contributed by atoms with Crippen molar-refractivity contribution in [2.75, 3.05) is 25.4 Å². The summed E-state index contributed by atoms with van der Waals surface area (Å²) in [7, 11) is 0. The minimum absolute atomic E-state index is 0.0350. The molecule has 2 fully saturated rings. The van der Waals surface area contributed by atoms with Crippen molar-refractivity contribution >= 4 is 29.8 Å². The number of hydrogen-bond acceptors (Lipinski definition) is 5. The van der Waals surface area contributed by atoms with Crippen molar-refractivity contribution in [1.82, 2.24) is 21.3 Å². The molecule has 2 heterocycles. The summed E-state index contributed by atoms with van der Waals surface area (Å²) in [4.78, 5) is 35.9. The van der Waals surface area contributed by atoms with Gasteiger partial charge in [-0.15, -0.1) is 0 Å². The molecule has 220 valence electrons. The van der Waals surface area contributed by atoms with Gasteiger partial charge in [0.2, 0.25) is 5.91 Å². The van der Waals surface area contributed by atoms with Gasteiger partial charge in [0.1, 0.15) is 6.61 Å². The fourth-order valence-corrected chi connectivity index (χ4v) is 7.75. The molecular formula is C32H42N4O4S. The lowest BCUT2D eigenvalue weighted by molar-refractivity contribution is -0.121. The summed E-state index contributed by atoms with van der Waals surface area (Å²) >= 11 is 1.94. The second-order valence-electron chi connectivity index (χ2n) is 11.2. The Morgan fingerprint density at radius 1 is 0.829 bits per heavy atom. The number of alkyl carbamates (subject to hydrolysis) is 1. The zero-order valence-corrected chi connectivity index (χ0v) is 24.5. The van der Waals surface area contributed by atoms with Gasteiger partial charge in [-0.05, 0) is 47.9 Å². The largest absolute Gasteiger partial charge is 0.449 e. The number of fused-ring (bicyclic) bond motifs is 4. The van der Waals surface area contributed by atoms with Crippen molar-refractivity contribution in [1.29, 1.82) is 0 Å². The van der Waals surface area contributed by atoms with Crippen LogP contribution in [0.1, 0.15) is 74.8 Å². The van der Waals surface area contributed by atoms with Crippen LogP contribution in [-0.4, -0.2) is 60.8 Å². The molecule has 2 aromatic carbocycles. The number of unbranched alkanes of at least 4 members (excludes halogenated alkanes) is 5. The Kier molecular flexibility index (Phi) is 10.4. The highest BCUT2D eigenvalue weighted by molar-refractivity contribution is 8.00. The summed E-state index contributed by atoms with van der Waals surface area (Å²) in [6, 6.07) is 17.2. The van der Waals surface area contributed by atoms with E-state index in [-0.39, 0.29) is 36.0 Å². The monoisotopic (exact) mass is 578 g/mol. The van der Waals surface area contributed by atoms with Gasteiger partial charge < -0.3 is 26.0 Å². The van der Waals surface area contributed by atoms with Crippen LogP contribution in [0.25, 0.3) is 11.1 Å². The van der Waals surface area contributed by atoms with Gasteiger partial charge in [-0.3, -0.25) is 4.79 Å². The lowest BCUT2D eigenvalue weighted by atomic mass is 9.98. The number of thioether (sulfide) groups is 1. The number of ether oxygens (including phenoxy) is 1. The van der Waals surface area contributed by atoms with Gasteiger partial charge in [-0.1, -0.05) is 74.2 Å². The fourth-order valence-electron chi connectivity index (χ4n) is 6.21. The van der Waals surface area contributed by atoms with Crippen molar-refractivity contribution < 1.29 is 19.1 Å². The number of carbonyl (C=O) groups excluding carboxylic acids is 3. The van der Waals surface area contributed by atoms with Gasteiger partial charge in [0.15, 0.2) is 0 Å². The third-order valence-electron chi connectivity index (χ3n) is 8.37. The Morgan fingerprint density at radius 3 is 2.22 bits per heavy atom. The van der Waals surface area contributed by atoms with Gasteiger partial charge in [0.25, 0.3) is 0 Å². The Bertz CT molecular complexity index is 1160. The number of rotatable bonds is 15. The van der Waals surface area contributed by atoms with E-state index in [0.717, 1.165) is 57.1 Å². The topological polar surface area (TPSA) is 109 Å². The first-order chi connectivity index (χ1) is 20.1. The highest BCUT2D eigenvalue weighted by Crippen LogP contribution is 2.44. The average molecular weight is 579 g/mol. The fraction of sp³-hybridized carbons (Fsp3) is 0.531. The molecule has 2 aromatic rings. The summed E-state index contributed by atoms with van der Waals surface area (Å²) in [5.41, 5.74) is 4.87. The second kappa shape index (κ2) is 14.6. The van der Waals surface area contributed by atoms with E-state index in [4.69, 9.17) is 4.74 Å². The maximum Gasteiger partial charge on any atom is 0.407 e. The third kappa shape index (κ3) is 7.76. The molecule has 3 unspecified atom stereocenters. The number of urea groups is 1. The van der Waals surface area contributed by atoms with E-state index in [1.165, 1.54) is 22.3 Å². The SMILES string of the molecule is O=C(CCCCCC1SCC2NC(=O)NC21)NCCCCCCNC(=O)OCC1c2ccccc2-c2ccccc21. The van der Waals surface area contributed by atoms with Gasteiger partial charge in [-0.25, -0.2) is 9.59 Å². The quantitative estimate of drug-likeness (QED) is 0.169. The van der Waals surface area contributed by atoms with Crippen LogP contribution in [0, 0.1) is 0 Å². The van der Waals surface area contributed by atoms with Gasteiger partial charge in [0.05, 0.1) is 12.1 Å². The number of amides is 4. The molecule has 0 radical (unpaired) electrons. The van der Waals surface area contributed by atoms with Gasteiger partial charge in [-0.2, -0.15) is 11.8 Å². The highest BCUT2D eigenvalue weighted by atomic mass is 32.2. The Hall–Kier alpha value is -3.20. The van der Waals surface area contributed by atoms with Crippen LogP contribution < -0.4 is 21.3 Å². The summed E-state index contributed by atoms with van der Waals surface area (Å²) in [5.74, 6) is 1.19. The van der Waals surface area contributed by atoms with E-state index in [1.807, 2.05) is 36.0 Å². The molecule has 1 aliphatic carbocycles. The Morgan fingerprint density at radius 2 is 1.49 bits per heavy atom. The Labute approximate surface area is 247 Å². The molecule has 4 N–H and O–H groups in total. The first-order valence-electron chi connectivity index (χ1n) is 15.1. The first kappa shape index (κ1) is 29.3. The van der Waals surface area contributed by atoms with Crippen LogP contribution in [0.4, 0.5) is 9.59 Å². The molecule has 9 heteroatoms. The molecule has 0 spiro atoms. The van der Waals surface area contributed by atoms with Gasteiger partial charge in [0, 0.05) is 36.4 Å². The van der Waals surface area contributed by atoms with Crippen LogP contribution >= 0.6 is 11.8 Å². The van der Waals surface area contributed by atoms with E-state index >= 15 is 0 Å². The number of benzene rings is 2. The van der Waals surface area contributed by atoms with Crippen LogP contribution in [0.5, 0.6) is 0 Å². The molecule has 2 saturated heterocycles. The smallest absolute Gasteiger partial charge is 0.407 e. The zero-order valence-electron chi connectivity index (χ0n) is 23.7. The van der Waals surface area contributed by atoms with E-state index in [0.29, 0.717) is 31.4 Å². The van der Waals surface area contributed by atoms with Crippen LogP contribution in [0.3, 0.4) is 0 Å². The Balaban J connectivity index is 0.846. The lowest BCUT2D eigenvalue weighted by Crippen LogP contribution is -2.36. The molecule has 4 amide bonds. The molecule has 3 atom stereocenters. The predicted octanol–water partition coefficient (Wildman–Crippen LogP) is 5.32. The van der Waals surface area contributed by atoms with Crippen molar-refractivity contribution in [2.45, 2.75) is 81.0 Å². The van der Waals surface area contributed by atoms with Crippen molar-refractivity contribution in [3.05, 3.63) is 59.7 Å². The summed E-state index contributed by atoms with van der Waals surface area (Å²) in [6.07, 6.45) is 8.18. The minimum Gasteiger partial charge on any atom is -0.449 e. The molecule has 3 aliphatic rings. The van der Waals surface area contributed by atoms with Crippen LogP contribution in [0.15, 0.2) is 48.5 Å². The number of nitrogens with one attached hydrogen (secondary N) is 4. The van der Waals surface area contributed by atoms with Crippen molar-refractivity contribution in [3.63, 3.8) is 0 Å². The molecule has 0 saturated carbocycles. The molecule has 8 nitrogen and oxygen atoms in total. The lowest BCUT2D eigenvalue weighted by Gasteiger charge is -2.16. The van der Waals surface area contributed by atoms with Crippen molar-refractivity contribution in [2.24, 2.45) is 0 Å².